The largest absolute Gasteiger partial charge is 0.488 e. The molecule has 0 radical (unpaired) electrons. The molecule has 0 unspecified atom stereocenters. The fourth-order valence-electron chi connectivity index (χ4n) is 4.52. The van der Waals surface area contributed by atoms with Gasteiger partial charge in [0, 0.05) is 38.6 Å². The number of fused-ring (bicyclic) bond motifs is 6. The Morgan fingerprint density at radius 3 is 1.97 bits per heavy atom. The lowest BCUT2D eigenvalue weighted by atomic mass is 10.1. The fourth-order valence-corrected chi connectivity index (χ4v) is 4.52. The number of nitrogens with one attached hydrogen (secondary N) is 3. The summed E-state index contributed by atoms with van der Waals surface area (Å²) in [7, 11) is 0. The molecule has 5 aromatic rings. The Bertz CT molecular complexity index is 1310. The molecule has 1 fully saturated rings. The molecule has 3 aromatic carbocycles. The van der Waals surface area contributed by atoms with Crippen LogP contribution < -0.4 is 10.1 Å². The number of halogens is 3. The first-order chi connectivity index (χ1) is 14.2. The highest BCUT2D eigenvalue weighted by molar-refractivity contribution is 6.20. The van der Waals surface area contributed by atoms with Gasteiger partial charge in [-0.3, -0.25) is 0 Å². The van der Waals surface area contributed by atoms with Crippen molar-refractivity contribution in [3.05, 3.63) is 54.1 Å². The SMILES string of the molecule is Cl.Fc1ccc2[nH]c3c(OC[C@@H]4CCCN4)c4[nH]c5ccc(F)cc5c4cc3c2c1. The van der Waals surface area contributed by atoms with E-state index in [1.54, 1.807) is 12.1 Å². The van der Waals surface area contributed by atoms with E-state index in [2.05, 4.69) is 15.3 Å². The highest BCUT2D eigenvalue weighted by atomic mass is 35.5. The van der Waals surface area contributed by atoms with Crippen LogP contribution in [0.3, 0.4) is 0 Å². The molecule has 1 aliphatic rings. The summed E-state index contributed by atoms with van der Waals surface area (Å²) >= 11 is 0. The van der Waals surface area contributed by atoms with Gasteiger partial charge in [-0.05, 0) is 61.9 Å². The van der Waals surface area contributed by atoms with Crippen LogP contribution in [0.2, 0.25) is 0 Å². The van der Waals surface area contributed by atoms with Crippen LogP contribution in [0.5, 0.6) is 5.75 Å². The first-order valence-electron chi connectivity index (χ1n) is 9.88. The highest BCUT2D eigenvalue weighted by Crippen LogP contribution is 2.41. The fraction of sp³-hybridized carbons (Fsp3) is 0.217. The molecule has 4 nitrogen and oxygen atoms in total. The number of benzene rings is 3. The molecule has 154 valence electrons. The van der Waals surface area contributed by atoms with Gasteiger partial charge in [0.15, 0.2) is 5.75 Å². The molecule has 1 saturated heterocycles. The molecule has 30 heavy (non-hydrogen) atoms. The van der Waals surface area contributed by atoms with E-state index in [1.165, 1.54) is 24.3 Å². The van der Waals surface area contributed by atoms with Crippen LogP contribution in [0, 0.1) is 11.6 Å². The topological polar surface area (TPSA) is 52.8 Å². The van der Waals surface area contributed by atoms with Crippen LogP contribution in [0.4, 0.5) is 8.78 Å². The Hall–Kier alpha value is -2.83. The standard InChI is InChI=1S/C23H19F2N3O.ClH/c24-12-3-5-19-15(8-12)17-10-18-16-9-13(25)4-6-20(16)28-22(18)23(21(17)27-19)29-11-14-2-1-7-26-14;/h3-6,8-10,14,26-28H,1-2,7,11H2;1H/t14-;/m0./s1. The van der Waals surface area contributed by atoms with Gasteiger partial charge in [0.2, 0.25) is 0 Å². The molecule has 0 amide bonds. The van der Waals surface area contributed by atoms with Crippen LogP contribution >= 0.6 is 12.4 Å². The van der Waals surface area contributed by atoms with Crippen LogP contribution in [0.1, 0.15) is 12.8 Å². The summed E-state index contributed by atoms with van der Waals surface area (Å²) in [5, 5.41) is 6.76. The molecule has 0 spiro atoms. The van der Waals surface area contributed by atoms with Crippen LogP contribution in [-0.4, -0.2) is 29.2 Å². The van der Waals surface area contributed by atoms with Crippen molar-refractivity contribution < 1.29 is 13.5 Å². The summed E-state index contributed by atoms with van der Waals surface area (Å²) in [6, 6.07) is 11.7. The van der Waals surface area contributed by atoms with Crippen LogP contribution in [0.15, 0.2) is 42.5 Å². The van der Waals surface area contributed by atoms with E-state index in [1.807, 2.05) is 6.07 Å². The summed E-state index contributed by atoms with van der Waals surface area (Å²) in [5.41, 5.74) is 3.33. The maximum atomic E-state index is 13.9. The summed E-state index contributed by atoms with van der Waals surface area (Å²) in [4.78, 5) is 6.78. The zero-order chi connectivity index (χ0) is 19.5. The second-order valence-corrected chi connectivity index (χ2v) is 7.78. The lowest BCUT2D eigenvalue weighted by Crippen LogP contribution is -2.28. The van der Waals surface area contributed by atoms with Crippen molar-refractivity contribution in [3.63, 3.8) is 0 Å². The average Bonchev–Trinajstić information content (AvgIpc) is 3.43. The minimum Gasteiger partial charge on any atom is -0.488 e. The molecule has 1 aliphatic heterocycles. The van der Waals surface area contributed by atoms with E-state index < -0.39 is 0 Å². The van der Waals surface area contributed by atoms with Gasteiger partial charge in [0.05, 0.1) is 11.0 Å². The molecule has 3 N–H and O–H groups in total. The predicted molar refractivity (Wildman–Crippen MR) is 119 cm³/mol. The lowest BCUT2D eigenvalue weighted by molar-refractivity contribution is 0.282. The second kappa shape index (κ2) is 7.15. The lowest BCUT2D eigenvalue weighted by Gasteiger charge is -2.14. The van der Waals surface area contributed by atoms with Gasteiger partial charge in [0.25, 0.3) is 0 Å². The van der Waals surface area contributed by atoms with Gasteiger partial charge in [-0.15, -0.1) is 12.4 Å². The summed E-state index contributed by atoms with van der Waals surface area (Å²) < 4.78 is 34.2. The molecule has 6 rings (SSSR count). The maximum Gasteiger partial charge on any atom is 0.167 e. The summed E-state index contributed by atoms with van der Waals surface area (Å²) in [6.45, 7) is 1.55. The zero-order valence-electron chi connectivity index (χ0n) is 16.0. The Balaban J connectivity index is 0.00000193. The van der Waals surface area contributed by atoms with E-state index in [0.717, 1.165) is 63.0 Å². The number of hydrogen-bond donors (Lipinski definition) is 3. The number of ether oxygens (including phenoxy) is 1. The third-order valence-electron chi connectivity index (χ3n) is 5.94. The molecule has 0 bridgehead atoms. The van der Waals surface area contributed by atoms with Gasteiger partial charge in [-0.1, -0.05) is 0 Å². The van der Waals surface area contributed by atoms with E-state index >= 15 is 0 Å². The molecule has 2 aromatic heterocycles. The van der Waals surface area contributed by atoms with Gasteiger partial charge < -0.3 is 20.0 Å². The maximum absolute atomic E-state index is 13.9. The molecular weight excluding hydrogens is 408 g/mol. The third-order valence-corrected chi connectivity index (χ3v) is 5.94. The number of hydrogen-bond acceptors (Lipinski definition) is 2. The van der Waals surface area contributed by atoms with Crippen molar-refractivity contribution in [2.75, 3.05) is 13.2 Å². The zero-order valence-corrected chi connectivity index (χ0v) is 16.8. The number of aromatic nitrogens is 2. The number of rotatable bonds is 3. The first kappa shape index (κ1) is 19.2. The van der Waals surface area contributed by atoms with Crippen molar-refractivity contribution in [1.29, 1.82) is 0 Å². The molecule has 7 heteroatoms. The molecule has 0 aliphatic carbocycles. The van der Waals surface area contributed by atoms with E-state index in [4.69, 9.17) is 4.74 Å². The van der Waals surface area contributed by atoms with Gasteiger partial charge in [-0.25, -0.2) is 8.78 Å². The van der Waals surface area contributed by atoms with Crippen molar-refractivity contribution in [2.45, 2.75) is 18.9 Å². The molecule has 0 saturated carbocycles. The van der Waals surface area contributed by atoms with Crippen molar-refractivity contribution in [2.24, 2.45) is 0 Å². The van der Waals surface area contributed by atoms with Gasteiger partial charge >= 0.3 is 0 Å². The van der Waals surface area contributed by atoms with Crippen molar-refractivity contribution in [1.82, 2.24) is 15.3 Å². The Kier molecular flexibility index (Phi) is 4.56. The quantitative estimate of drug-likeness (QED) is 0.341. The van der Waals surface area contributed by atoms with Gasteiger partial charge in [-0.2, -0.15) is 0 Å². The average molecular weight is 428 g/mol. The van der Waals surface area contributed by atoms with E-state index in [-0.39, 0.29) is 24.0 Å². The molecule has 3 heterocycles. The van der Waals surface area contributed by atoms with Crippen molar-refractivity contribution >= 4 is 56.0 Å². The van der Waals surface area contributed by atoms with Crippen LogP contribution in [-0.2, 0) is 0 Å². The molecule has 1 atom stereocenters. The smallest absolute Gasteiger partial charge is 0.167 e. The number of H-pyrrole nitrogens is 2. The minimum atomic E-state index is -0.291. The van der Waals surface area contributed by atoms with Crippen molar-refractivity contribution in [3.8, 4) is 5.75 Å². The first-order valence-corrected chi connectivity index (χ1v) is 9.88. The Morgan fingerprint density at radius 1 is 0.833 bits per heavy atom. The minimum absolute atomic E-state index is 0. The summed E-state index contributed by atoms with van der Waals surface area (Å²) in [6.07, 6.45) is 2.22. The molecular formula is C23H20ClF2N3O. The summed E-state index contributed by atoms with van der Waals surface area (Å²) in [5.74, 6) is 0.113. The normalized spacial score (nSPS) is 16.7. The Morgan fingerprint density at radius 2 is 1.43 bits per heavy atom. The number of aromatic amines is 2. The van der Waals surface area contributed by atoms with Crippen LogP contribution in [0.25, 0.3) is 43.6 Å². The predicted octanol–water partition coefficient (Wildman–Crippen LogP) is 5.79. The van der Waals surface area contributed by atoms with E-state index in [9.17, 15) is 8.78 Å². The van der Waals surface area contributed by atoms with Gasteiger partial charge in [0.1, 0.15) is 18.2 Å². The van der Waals surface area contributed by atoms with E-state index in [0.29, 0.717) is 18.4 Å². The Labute approximate surface area is 177 Å². The monoisotopic (exact) mass is 427 g/mol. The second-order valence-electron chi connectivity index (χ2n) is 7.78. The highest BCUT2D eigenvalue weighted by Gasteiger charge is 2.20. The third kappa shape index (κ3) is 2.90.